The van der Waals surface area contributed by atoms with Crippen LogP contribution in [0.4, 0.5) is 0 Å². The number of carbonyl (C=O) groups excluding carboxylic acids is 1. The Morgan fingerprint density at radius 2 is 1.89 bits per heavy atom. The van der Waals surface area contributed by atoms with Crippen LogP contribution in [0.5, 0.6) is 0 Å². The topological polar surface area (TPSA) is 39.1 Å². The molecule has 0 radical (unpaired) electrons. The van der Waals surface area contributed by atoms with Gasteiger partial charge < -0.3 is 4.57 Å². The molecule has 0 bridgehead atoms. The Morgan fingerprint density at radius 3 is 2.58 bits per heavy atom. The Labute approximate surface area is 112 Å². The molecule has 1 aromatic carbocycles. The Kier molecular flexibility index (Phi) is 4.29. The Bertz CT molecular complexity index is 614. The van der Waals surface area contributed by atoms with E-state index < -0.39 is 0 Å². The van der Waals surface area contributed by atoms with Crippen molar-refractivity contribution in [2.75, 3.05) is 0 Å². The number of rotatable bonds is 5. The summed E-state index contributed by atoms with van der Waals surface area (Å²) < 4.78 is 1.64. The predicted octanol–water partition coefficient (Wildman–Crippen LogP) is 2.82. The number of hydrogen-bond acceptors (Lipinski definition) is 2. The third kappa shape index (κ3) is 3.65. The van der Waals surface area contributed by atoms with E-state index in [4.69, 9.17) is 0 Å². The minimum absolute atomic E-state index is 0.00726. The molecule has 2 aromatic rings. The maximum atomic E-state index is 11.9. The lowest BCUT2D eigenvalue weighted by molar-refractivity contribution is 0.0978. The molecular weight excluding hydrogens is 238 g/mol. The van der Waals surface area contributed by atoms with E-state index in [1.807, 2.05) is 43.3 Å². The van der Waals surface area contributed by atoms with E-state index in [1.165, 1.54) is 0 Å². The van der Waals surface area contributed by atoms with E-state index >= 15 is 0 Å². The molecule has 0 spiro atoms. The first-order valence-electron chi connectivity index (χ1n) is 6.42. The average molecular weight is 255 g/mol. The van der Waals surface area contributed by atoms with Gasteiger partial charge in [-0.1, -0.05) is 30.3 Å². The summed E-state index contributed by atoms with van der Waals surface area (Å²) in [5.74, 6) is 0.126. The van der Waals surface area contributed by atoms with E-state index in [0.29, 0.717) is 19.4 Å². The van der Waals surface area contributed by atoms with Crippen LogP contribution in [-0.2, 0) is 6.54 Å². The summed E-state index contributed by atoms with van der Waals surface area (Å²) in [4.78, 5) is 23.6. The highest BCUT2D eigenvalue weighted by atomic mass is 16.1. The lowest BCUT2D eigenvalue weighted by Crippen LogP contribution is -2.19. The van der Waals surface area contributed by atoms with Gasteiger partial charge >= 0.3 is 0 Å². The second kappa shape index (κ2) is 6.14. The van der Waals surface area contributed by atoms with Crippen LogP contribution in [0.2, 0.25) is 0 Å². The normalized spacial score (nSPS) is 10.4. The molecule has 0 fully saturated rings. The maximum absolute atomic E-state index is 11.9. The van der Waals surface area contributed by atoms with E-state index in [2.05, 4.69) is 0 Å². The van der Waals surface area contributed by atoms with Crippen molar-refractivity contribution >= 4 is 5.78 Å². The summed E-state index contributed by atoms with van der Waals surface area (Å²) >= 11 is 0. The lowest BCUT2D eigenvalue weighted by Gasteiger charge is -2.05. The SMILES string of the molecule is Cc1ccn(CCCC(=O)c2ccccc2)c(=O)c1. The summed E-state index contributed by atoms with van der Waals surface area (Å²) in [6.07, 6.45) is 2.92. The van der Waals surface area contributed by atoms with Crippen LogP contribution >= 0.6 is 0 Å². The molecule has 0 saturated heterocycles. The Morgan fingerprint density at radius 1 is 1.16 bits per heavy atom. The van der Waals surface area contributed by atoms with Gasteiger partial charge in [0.05, 0.1) is 0 Å². The monoisotopic (exact) mass is 255 g/mol. The summed E-state index contributed by atoms with van der Waals surface area (Å²) in [7, 11) is 0. The van der Waals surface area contributed by atoms with Crippen LogP contribution < -0.4 is 5.56 Å². The first-order valence-corrected chi connectivity index (χ1v) is 6.42. The van der Waals surface area contributed by atoms with Crippen molar-refractivity contribution in [3.63, 3.8) is 0 Å². The highest BCUT2D eigenvalue weighted by molar-refractivity contribution is 5.95. The van der Waals surface area contributed by atoms with Gasteiger partial charge in [0.1, 0.15) is 0 Å². The molecule has 0 unspecified atom stereocenters. The summed E-state index contributed by atoms with van der Waals surface area (Å²) in [5, 5.41) is 0. The van der Waals surface area contributed by atoms with Crippen molar-refractivity contribution < 1.29 is 4.79 Å². The number of Topliss-reactive ketones (excluding diaryl/α,β-unsaturated/α-hetero) is 1. The molecule has 0 aliphatic rings. The summed E-state index contributed by atoms with van der Waals surface area (Å²) in [5.41, 5.74) is 1.69. The molecule has 19 heavy (non-hydrogen) atoms. The van der Waals surface area contributed by atoms with E-state index in [9.17, 15) is 9.59 Å². The number of carbonyl (C=O) groups is 1. The number of benzene rings is 1. The number of hydrogen-bond donors (Lipinski definition) is 0. The third-order valence-electron chi connectivity index (χ3n) is 3.05. The van der Waals surface area contributed by atoms with Crippen molar-refractivity contribution in [2.45, 2.75) is 26.3 Å². The first-order chi connectivity index (χ1) is 9.16. The molecule has 1 aromatic heterocycles. The van der Waals surface area contributed by atoms with Crippen LogP contribution in [-0.4, -0.2) is 10.4 Å². The number of ketones is 1. The van der Waals surface area contributed by atoms with Crippen molar-refractivity contribution in [3.05, 3.63) is 70.1 Å². The van der Waals surface area contributed by atoms with E-state index in [0.717, 1.165) is 11.1 Å². The van der Waals surface area contributed by atoms with Gasteiger partial charge in [-0.25, -0.2) is 0 Å². The molecule has 3 heteroatoms. The number of aryl methyl sites for hydroxylation is 2. The van der Waals surface area contributed by atoms with Gasteiger partial charge in [0.15, 0.2) is 5.78 Å². The van der Waals surface area contributed by atoms with Crippen LogP contribution in [0.3, 0.4) is 0 Å². The van der Waals surface area contributed by atoms with Crippen molar-refractivity contribution in [1.82, 2.24) is 4.57 Å². The Balaban J connectivity index is 1.90. The Hall–Kier alpha value is -2.16. The van der Waals surface area contributed by atoms with Crippen molar-refractivity contribution in [2.24, 2.45) is 0 Å². The van der Waals surface area contributed by atoms with Crippen LogP contribution in [0, 0.1) is 6.92 Å². The molecule has 2 rings (SSSR count). The van der Waals surface area contributed by atoms with Gasteiger partial charge in [-0.05, 0) is 25.0 Å². The molecule has 3 nitrogen and oxygen atoms in total. The molecule has 0 aliphatic carbocycles. The van der Waals surface area contributed by atoms with Crippen LogP contribution in [0.1, 0.15) is 28.8 Å². The molecule has 0 atom stereocenters. The molecule has 0 aliphatic heterocycles. The van der Waals surface area contributed by atoms with Gasteiger partial charge in [-0.15, -0.1) is 0 Å². The van der Waals surface area contributed by atoms with Gasteiger partial charge in [-0.3, -0.25) is 9.59 Å². The number of aromatic nitrogens is 1. The van der Waals surface area contributed by atoms with Crippen molar-refractivity contribution in [1.29, 1.82) is 0 Å². The zero-order valence-electron chi connectivity index (χ0n) is 11.0. The predicted molar refractivity (Wildman–Crippen MR) is 75.4 cm³/mol. The summed E-state index contributed by atoms with van der Waals surface area (Å²) in [6.45, 7) is 2.47. The summed E-state index contributed by atoms with van der Waals surface area (Å²) in [6, 6.07) is 12.8. The van der Waals surface area contributed by atoms with Gasteiger partial charge in [0.25, 0.3) is 5.56 Å². The lowest BCUT2D eigenvalue weighted by atomic mass is 10.1. The average Bonchev–Trinajstić information content (AvgIpc) is 2.42. The molecule has 0 N–H and O–H groups in total. The number of nitrogens with zero attached hydrogens (tertiary/aromatic N) is 1. The second-order valence-corrected chi connectivity index (χ2v) is 4.63. The molecular formula is C16H17NO2. The standard InChI is InChI=1S/C16H17NO2/c1-13-9-11-17(16(19)12-13)10-5-8-15(18)14-6-3-2-4-7-14/h2-4,6-7,9,11-12H,5,8,10H2,1H3. The highest BCUT2D eigenvalue weighted by Crippen LogP contribution is 2.05. The van der Waals surface area contributed by atoms with Crippen LogP contribution in [0.25, 0.3) is 0 Å². The minimum Gasteiger partial charge on any atom is -0.316 e. The zero-order valence-corrected chi connectivity index (χ0v) is 11.0. The van der Waals surface area contributed by atoms with Gasteiger partial charge in [0.2, 0.25) is 0 Å². The second-order valence-electron chi connectivity index (χ2n) is 4.63. The fourth-order valence-electron chi connectivity index (χ4n) is 1.97. The largest absolute Gasteiger partial charge is 0.316 e. The third-order valence-corrected chi connectivity index (χ3v) is 3.05. The highest BCUT2D eigenvalue weighted by Gasteiger charge is 2.05. The number of pyridine rings is 1. The van der Waals surface area contributed by atoms with Crippen molar-refractivity contribution in [3.8, 4) is 0 Å². The fourth-order valence-corrected chi connectivity index (χ4v) is 1.97. The van der Waals surface area contributed by atoms with E-state index in [-0.39, 0.29) is 11.3 Å². The molecule has 1 heterocycles. The molecule has 0 saturated carbocycles. The minimum atomic E-state index is -0.00726. The fraction of sp³-hybridized carbons (Fsp3) is 0.250. The van der Waals surface area contributed by atoms with E-state index in [1.54, 1.807) is 16.8 Å². The van der Waals surface area contributed by atoms with Gasteiger partial charge in [0, 0.05) is 30.8 Å². The molecule has 98 valence electrons. The maximum Gasteiger partial charge on any atom is 0.250 e. The quantitative estimate of drug-likeness (QED) is 0.771. The molecule has 0 amide bonds. The zero-order chi connectivity index (χ0) is 13.7. The van der Waals surface area contributed by atoms with Crippen LogP contribution in [0.15, 0.2) is 53.5 Å². The first kappa shape index (κ1) is 13.3. The smallest absolute Gasteiger partial charge is 0.250 e. The van der Waals surface area contributed by atoms with Gasteiger partial charge in [-0.2, -0.15) is 0 Å².